The number of carbonyl (C=O) groups excluding carboxylic acids is 3. The Morgan fingerprint density at radius 3 is 2.60 bits per heavy atom. The Kier molecular flexibility index (Phi) is 8.47. The van der Waals surface area contributed by atoms with Crippen LogP contribution < -0.4 is 34.7 Å². The molecule has 1 N–H and O–H groups in total. The quantitative estimate of drug-likeness (QED) is 0.206. The third-order valence-electron chi connectivity index (χ3n) is 4.41. The van der Waals surface area contributed by atoms with Gasteiger partial charge in [0.1, 0.15) is 0 Å². The average Bonchev–Trinajstić information content (AvgIpc) is 2.74. The van der Waals surface area contributed by atoms with Crippen LogP contribution in [0.1, 0.15) is 33.6 Å². The third kappa shape index (κ3) is 4.42. The zero-order valence-corrected chi connectivity index (χ0v) is 17.8. The van der Waals surface area contributed by atoms with Gasteiger partial charge in [-0.15, -0.1) is 11.8 Å². The predicted octanol–water partition coefficient (Wildman–Crippen LogP) is -3.11. The molecule has 1 fully saturated rings. The van der Waals surface area contributed by atoms with Gasteiger partial charge in [-0.25, -0.2) is 0 Å². The van der Waals surface area contributed by atoms with Crippen molar-refractivity contribution in [3.63, 3.8) is 0 Å². The number of hydrogen-bond acceptors (Lipinski definition) is 7. The largest absolute Gasteiger partial charge is 1.00 e. The van der Waals surface area contributed by atoms with Crippen molar-refractivity contribution in [2.45, 2.75) is 45.8 Å². The summed E-state index contributed by atoms with van der Waals surface area (Å²) in [7, 11) is 0. The molecule has 25 heavy (non-hydrogen) atoms. The number of hydrogen-bond donors (Lipinski definition) is 1. The van der Waals surface area contributed by atoms with E-state index in [4.69, 9.17) is 4.74 Å². The normalized spacial score (nSPS) is 25.8. The number of carbonyl (C=O) groups is 3. The number of nitrogens with zero attached hydrogens (tertiary/aromatic N) is 1. The number of carboxylic acid groups (broad SMARTS) is 1. The minimum absolute atomic E-state index is 0. The molecular weight excluding hydrogens is 357 g/mol. The molecule has 7 nitrogen and oxygen atoms in total. The van der Waals surface area contributed by atoms with E-state index < -0.39 is 35.9 Å². The van der Waals surface area contributed by atoms with Gasteiger partial charge < -0.3 is 24.6 Å². The molecule has 2 heterocycles. The number of aliphatic hydroxyl groups is 1. The zero-order valence-electron chi connectivity index (χ0n) is 15.0. The van der Waals surface area contributed by atoms with E-state index in [0.29, 0.717) is 11.5 Å². The summed E-state index contributed by atoms with van der Waals surface area (Å²) in [4.78, 5) is 37.0. The molecule has 134 valence electrons. The second-order valence-electron chi connectivity index (χ2n) is 6.12. The Morgan fingerprint density at radius 1 is 1.44 bits per heavy atom. The SMILES string of the molecule is CCCCOC(=O)CSC1=C(C(=O)[O-])N2C(=O)[C@H]([C@@H](C)O)[C@H]2[C@H]1C.[Na+]. The van der Waals surface area contributed by atoms with Crippen LogP contribution in [0.15, 0.2) is 10.6 Å². The number of esters is 1. The molecule has 0 aromatic carbocycles. The van der Waals surface area contributed by atoms with Crippen LogP contribution in [0.5, 0.6) is 0 Å². The molecule has 1 amide bonds. The fourth-order valence-corrected chi connectivity index (χ4v) is 4.29. The molecule has 2 rings (SSSR count). The van der Waals surface area contributed by atoms with E-state index in [9.17, 15) is 24.6 Å². The van der Waals surface area contributed by atoms with Gasteiger partial charge >= 0.3 is 35.5 Å². The Morgan fingerprint density at radius 2 is 2.08 bits per heavy atom. The van der Waals surface area contributed by atoms with Crippen molar-refractivity contribution < 1.29 is 58.9 Å². The van der Waals surface area contributed by atoms with Gasteiger partial charge in [0.05, 0.1) is 42.1 Å². The van der Waals surface area contributed by atoms with Crippen molar-refractivity contribution >= 4 is 29.6 Å². The van der Waals surface area contributed by atoms with E-state index in [1.54, 1.807) is 6.92 Å². The summed E-state index contributed by atoms with van der Waals surface area (Å²) < 4.78 is 5.06. The first kappa shape index (κ1) is 22.5. The number of thioether (sulfide) groups is 1. The Bertz CT molecular complexity index is 579. The summed E-state index contributed by atoms with van der Waals surface area (Å²) in [5, 5.41) is 21.2. The number of carboxylic acids is 1. The number of aliphatic carboxylic acids is 1. The van der Waals surface area contributed by atoms with E-state index in [-0.39, 0.29) is 46.9 Å². The van der Waals surface area contributed by atoms with Gasteiger partial charge in [0.25, 0.3) is 0 Å². The molecule has 0 unspecified atom stereocenters. The van der Waals surface area contributed by atoms with Crippen LogP contribution in [0.25, 0.3) is 0 Å². The number of β-lactam (4-membered cyclic amide) rings is 1. The summed E-state index contributed by atoms with van der Waals surface area (Å²) in [5.74, 6) is -3.19. The monoisotopic (exact) mass is 379 g/mol. The standard InChI is InChI=1S/C16H23NO6S.Na/c1-4-5-6-23-10(19)7-24-14-8(2)12-11(9(3)18)15(20)17(12)13(14)16(21)22;/h8-9,11-12,18H,4-7H2,1-3H3,(H,21,22);/q;+1/p-1/t8-,9-,11-,12-;/m1./s1. The topological polar surface area (TPSA) is 107 Å². The zero-order chi connectivity index (χ0) is 18.0. The van der Waals surface area contributed by atoms with Crippen LogP contribution in [-0.2, 0) is 19.1 Å². The summed E-state index contributed by atoms with van der Waals surface area (Å²) in [6.45, 7) is 5.64. The van der Waals surface area contributed by atoms with E-state index in [1.165, 1.54) is 11.8 Å². The van der Waals surface area contributed by atoms with Gasteiger partial charge in [0.2, 0.25) is 5.91 Å². The van der Waals surface area contributed by atoms with Crippen molar-refractivity contribution in [1.29, 1.82) is 0 Å². The maximum Gasteiger partial charge on any atom is 1.00 e. The van der Waals surface area contributed by atoms with Gasteiger partial charge in [-0.2, -0.15) is 0 Å². The van der Waals surface area contributed by atoms with Crippen LogP contribution in [0, 0.1) is 11.8 Å². The van der Waals surface area contributed by atoms with Gasteiger partial charge in [-0.3, -0.25) is 9.59 Å². The van der Waals surface area contributed by atoms with Gasteiger partial charge in [-0.05, 0) is 13.3 Å². The first-order chi connectivity index (χ1) is 11.3. The van der Waals surface area contributed by atoms with Gasteiger partial charge in [0.15, 0.2) is 0 Å². The van der Waals surface area contributed by atoms with E-state index in [2.05, 4.69) is 0 Å². The van der Waals surface area contributed by atoms with Crippen molar-refractivity contribution in [3.8, 4) is 0 Å². The van der Waals surface area contributed by atoms with Crippen molar-refractivity contribution in [2.24, 2.45) is 11.8 Å². The van der Waals surface area contributed by atoms with Gasteiger partial charge in [-0.1, -0.05) is 20.3 Å². The number of amides is 1. The third-order valence-corrected chi connectivity index (χ3v) is 5.66. The minimum Gasteiger partial charge on any atom is -0.543 e. The fourth-order valence-electron chi connectivity index (χ4n) is 3.21. The molecule has 0 saturated carbocycles. The summed E-state index contributed by atoms with van der Waals surface area (Å²) in [6.07, 6.45) is 0.838. The van der Waals surface area contributed by atoms with E-state index in [0.717, 1.165) is 24.6 Å². The van der Waals surface area contributed by atoms with E-state index >= 15 is 0 Å². The van der Waals surface area contributed by atoms with Crippen LogP contribution in [-0.4, -0.2) is 52.4 Å². The Hall–Kier alpha value is -0.540. The predicted molar refractivity (Wildman–Crippen MR) is 85.3 cm³/mol. The molecule has 2 aliphatic heterocycles. The van der Waals surface area contributed by atoms with Crippen LogP contribution in [0.2, 0.25) is 0 Å². The molecule has 0 spiro atoms. The molecule has 1 saturated heterocycles. The number of rotatable bonds is 8. The fraction of sp³-hybridized carbons (Fsp3) is 0.688. The summed E-state index contributed by atoms with van der Waals surface area (Å²) in [5.41, 5.74) is -0.180. The molecule has 9 heteroatoms. The number of ether oxygens (including phenoxy) is 1. The molecule has 0 aliphatic carbocycles. The van der Waals surface area contributed by atoms with Crippen molar-refractivity contribution in [2.75, 3.05) is 12.4 Å². The van der Waals surface area contributed by atoms with Crippen LogP contribution in [0.4, 0.5) is 0 Å². The number of aliphatic hydroxyl groups excluding tert-OH is 1. The molecule has 0 bridgehead atoms. The average molecular weight is 379 g/mol. The van der Waals surface area contributed by atoms with Crippen LogP contribution in [0.3, 0.4) is 0 Å². The maximum absolute atomic E-state index is 12.1. The van der Waals surface area contributed by atoms with Gasteiger partial charge in [0, 0.05) is 10.8 Å². The smallest absolute Gasteiger partial charge is 0.543 e. The molecule has 0 aromatic rings. The first-order valence-corrected chi connectivity index (χ1v) is 9.04. The number of unbranched alkanes of at least 4 members (excludes halogenated alkanes) is 1. The Labute approximate surface area is 173 Å². The molecule has 0 aromatic heterocycles. The maximum atomic E-state index is 12.1. The molecular formula is C16H22NNaO6S. The first-order valence-electron chi connectivity index (χ1n) is 8.06. The summed E-state index contributed by atoms with van der Waals surface area (Å²) >= 11 is 1.07. The van der Waals surface area contributed by atoms with Crippen LogP contribution >= 0.6 is 11.8 Å². The van der Waals surface area contributed by atoms with Crippen molar-refractivity contribution in [1.82, 2.24) is 4.90 Å². The van der Waals surface area contributed by atoms with E-state index in [1.807, 2.05) is 6.92 Å². The number of fused-ring (bicyclic) bond motifs is 1. The second kappa shape index (κ2) is 9.41. The summed E-state index contributed by atoms with van der Waals surface area (Å²) in [6, 6.07) is -0.399. The molecule has 0 radical (unpaired) electrons. The minimum atomic E-state index is -1.44. The Balaban J connectivity index is 0.00000312. The van der Waals surface area contributed by atoms with Crippen molar-refractivity contribution in [3.05, 3.63) is 10.6 Å². The molecule has 2 aliphatic rings. The second-order valence-corrected chi connectivity index (χ2v) is 7.13. The molecule has 4 atom stereocenters.